The molecule has 0 saturated heterocycles. The number of aromatic nitrogens is 3. The second kappa shape index (κ2) is 11.7. The Morgan fingerprint density at radius 1 is 1.00 bits per heavy atom. The number of hydrazone groups is 1. The van der Waals surface area contributed by atoms with Crippen LogP contribution in [0.4, 0.5) is 0 Å². The molecule has 4 rings (SSSR count). The Hall–Kier alpha value is -3.82. The minimum Gasteiger partial charge on any atom is -0.493 e. The van der Waals surface area contributed by atoms with Crippen LogP contribution in [0.15, 0.2) is 83.1 Å². The number of hydrogen-bond donors (Lipinski definition) is 1. The summed E-state index contributed by atoms with van der Waals surface area (Å²) >= 11 is 7.20. The maximum Gasteiger partial charge on any atom is 0.250 e. The molecule has 0 fully saturated rings. The quantitative estimate of drug-likeness (QED) is 0.184. The molecule has 0 spiro atoms. The van der Waals surface area contributed by atoms with Crippen LogP contribution in [-0.4, -0.2) is 46.4 Å². The summed E-state index contributed by atoms with van der Waals surface area (Å²) in [5, 5.41) is 14.2. The van der Waals surface area contributed by atoms with Gasteiger partial charge in [0, 0.05) is 16.3 Å². The van der Waals surface area contributed by atoms with E-state index < -0.39 is 0 Å². The second-order valence-corrected chi connectivity index (χ2v) is 8.95. The van der Waals surface area contributed by atoms with Gasteiger partial charge in [-0.3, -0.25) is 9.36 Å². The van der Waals surface area contributed by atoms with Gasteiger partial charge in [0.25, 0.3) is 5.91 Å². The maximum absolute atomic E-state index is 12.5. The van der Waals surface area contributed by atoms with Gasteiger partial charge < -0.3 is 9.47 Å². The number of ether oxygens (including phenoxy) is 2. The van der Waals surface area contributed by atoms with E-state index in [1.807, 2.05) is 72.2 Å². The third-order valence-corrected chi connectivity index (χ3v) is 6.41. The summed E-state index contributed by atoms with van der Waals surface area (Å²) in [4.78, 5) is 12.5. The number of nitrogens with one attached hydrogen (secondary N) is 1. The first-order valence-electron chi connectivity index (χ1n) is 10.9. The van der Waals surface area contributed by atoms with E-state index in [1.165, 1.54) is 11.8 Å². The monoisotopic (exact) mass is 521 g/mol. The molecule has 0 saturated carbocycles. The molecular formula is C26H24ClN5O3S. The van der Waals surface area contributed by atoms with Crippen LogP contribution in [0.25, 0.3) is 17.1 Å². The van der Waals surface area contributed by atoms with Crippen molar-refractivity contribution in [2.75, 3.05) is 20.0 Å². The summed E-state index contributed by atoms with van der Waals surface area (Å²) in [5.74, 6) is 1.66. The maximum atomic E-state index is 12.5. The van der Waals surface area contributed by atoms with E-state index in [0.717, 1.165) is 16.8 Å². The third kappa shape index (κ3) is 5.87. The van der Waals surface area contributed by atoms with Gasteiger partial charge in [-0.05, 0) is 55.0 Å². The molecule has 0 aliphatic rings. The smallest absolute Gasteiger partial charge is 0.250 e. The standard InChI is InChI=1S/C26H24ClN5O3S/c1-17(18-9-12-20(27)13-10-18)28-29-24(33)16-36-26-31-30-25(32(26)21-7-5-4-6-8-21)19-11-14-22(34-2)23(15-19)35-3/h4-15H,16H2,1-3H3,(H,29,33)/b28-17+. The van der Waals surface area contributed by atoms with E-state index in [2.05, 4.69) is 20.7 Å². The van der Waals surface area contributed by atoms with Gasteiger partial charge in [0.1, 0.15) is 0 Å². The minimum atomic E-state index is -0.261. The number of para-hydroxylation sites is 1. The number of thioether (sulfide) groups is 1. The predicted molar refractivity (Wildman–Crippen MR) is 142 cm³/mol. The number of rotatable bonds is 9. The molecule has 0 bridgehead atoms. The number of carbonyl (C=O) groups excluding carboxylic acids is 1. The van der Waals surface area contributed by atoms with Gasteiger partial charge in [0.05, 0.1) is 25.7 Å². The summed E-state index contributed by atoms with van der Waals surface area (Å²) in [7, 11) is 3.17. The average molecular weight is 522 g/mol. The van der Waals surface area contributed by atoms with Crippen molar-refractivity contribution in [3.63, 3.8) is 0 Å². The highest BCUT2D eigenvalue weighted by atomic mass is 35.5. The number of benzene rings is 3. The summed E-state index contributed by atoms with van der Waals surface area (Å²) in [6.45, 7) is 1.82. The molecule has 1 aromatic heterocycles. The molecule has 0 atom stereocenters. The molecule has 0 aliphatic carbocycles. The molecular weight excluding hydrogens is 498 g/mol. The van der Waals surface area contributed by atoms with Gasteiger partial charge in [-0.1, -0.05) is 53.7 Å². The minimum absolute atomic E-state index is 0.105. The molecule has 0 radical (unpaired) electrons. The van der Waals surface area contributed by atoms with Gasteiger partial charge in [-0.2, -0.15) is 5.10 Å². The molecule has 3 aromatic carbocycles. The first kappa shape index (κ1) is 25.3. The van der Waals surface area contributed by atoms with Crippen LogP contribution in [0.1, 0.15) is 12.5 Å². The Morgan fingerprint density at radius 2 is 1.72 bits per heavy atom. The van der Waals surface area contributed by atoms with Crippen LogP contribution in [0.5, 0.6) is 11.5 Å². The summed E-state index contributed by atoms with van der Waals surface area (Å²) in [6, 6.07) is 22.5. The lowest BCUT2D eigenvalue weighted by atomic mass is 10.1. The van der Waals surface area contributed by atoms with E-state index in [-0.39, 0.29) is 11.7 Å². The molecule has 1 amide bonds. The number of methoxy groups -OCH3 is 2. The first-order chi connectivity index (χ1) is 17.5. The Balaban J connectivity index is 1.55. The van der Waals surface area contributed by atoms with Crippen LogP contribution in [-0.2, 0) is 4.79 Å². The fraction of sp³-hybridized carbons (Fsp3) is 0.154. The molecule has 184 valence electrons. The van der Waals surface area contributed by atoms with Crippen molar-refractivity contribution in [1.29, 1.82) is 0 Å². The lowest BCUT2D eigenvalue weighted by Gasteiger charge is -2.12. The average Bonchev–Trinajstić information content (AvgIpc) is 3.35. The molecule has 0 unspecified atom stereocenters. The lowest BCUT2D eigenvalue weighted by Crippen LogP contribution is -2.21. The SMILES string of the molecule is COc1ccc(-c2nnc(SCC(=O)N/N=C(\C)c3ccc(Cl)cc3)n2-c2ccccc2)cc1OC. The van der Waals surface area contributed by atoms with Gasteiger partial charge in [-0.25, -0.2) is 5.43 Å². The van der Waals surface area contributed by atoms with Crippen molar-refractivity contribution < 1.29 is 14.3 Å². The molecule has 4 aromatic rings. The van der Waals surface area contributed by atoms with Crippen molar-refractivity contribution >= 4 is 35.0 Å². The van der Waals surface area contributed by atoms with E-state index in [1.54, 1.807) is 26.4 Å². The zero-order valence-corrected chi connectivity index (χ0v) is 21.5. The molecule has 8 nitrogen and oxygen atoms in total. The zero-order chi connectivity index (χ0) is 25.5. The zero-order valence-electron chi connectivity index (χ0n) is 19.9. The number of nitrogens with zero attached hydrogens (tertiary/aromatic N) is 4. The van der Waals surface area contributed by atoms with Crippen LogP contribution < -0.4 is 14.9 Å². The van der Waals surface area contributed by atoms with E-state index in [4.69, 9.17) is 21.1 Å². The highest BCUT2D eigenvalue weighted by molar-refractivity contribution is 7.99. The van der Waals surface area contributed by atoms with Crippen molar-refractivity contribution in [2.24, 2.45) is 5.10 Å². The fourth-order valence-electron chi connectivity index (χ4n) is 3.40. The summed E-state index contributed by atoms with van der Waals surface area (Å²) in [5.41, 5.74) is 5.81. The van der Waals surface area contributed by atoms with Crippen LogP contribution >= 0.6 is 23.4 Å². The van der Waals surface area contributed by atoms with Crippen LogP contribution in [0.3, 0.4) is 0 Å². The Kier molecular flexibility index (Phi) is 8.24. The second-order valence-electron chi connectivity index (χ2n) is 7.57. The van der Waals surface area contributed by atoms with E-state index >= 15 is 0 Å². The molecule has 36 heavy (non-hydrogen) atoms. The highest BCUT2D eigenvalue weighted by Gasteiger charge is 2.18. The van der Waals surface area contributed by atoms with Gasteiger partial charge in [0.2, 0.25) is 0 Å². The molecule has 1 N–H and O–H groups in total. The number of hydrogen-bond acceptors (Lipinski definition) is 7. The van der Waals surface area contributed by atoms with Crippen molar-refractivity contribution in [2.45, 2.75) is 12.1 Å². The largest absolute Gasteiger partial charge is 0.493 e. The lowest BCUT2D eigenvalue weighted by molar-refractivity contribution is -0.118. The Morgan fingerprint density at radius 3 is 2.42 bits per heavy atom. The summed E-state index contributed by atoms with van der Waals surface area (Å²) < 4.78 is 12.7. The van der Waals surface area contributed by atoms with Crippen LogP contribution in [0, 0.1) is 0 Å². The third-order valence-electron chi connectivity index (χ3n) is 5.23. The number of amides is 1. The molecule has 10 heteroatoms. The molecule has 0 aliphatic heterocycles. The molecule has 1 heterocycles. The van der Waals surface area contributed by atoms with Crippen molar-refractivity contribution in [1.82, 2.24) is 20.2 Å². The Labute approximate surface area is 218 Å². The van der Waals surface area contributed by atoms with Gasteiger partial charge in [-0.15, -0.1) is 10.2 Å². The van der Waals surface area contributed by atoms with Crippen molar-refractivity contribution in [3.05, 3.63) is 83.4 Å². The highest BCUT2D eigenvalue weighted by Crippen LogP contribution is 2.34. The summed E-state index contributed by atoms with van der Waals surface area (Å²) in [6.07, 6.45) is 0. The van der Waals surface area contributed by atoms with Crippen LogP contribution in [0.2, 0.25) is 5.02 Å². The first-order valence-corrected chi connectivity index (χ1v) is 12.3. The number of halogens is 1. The van der Waals surface area contributed by atoms with Crippen molar-refractivity contribution in [3.8, 4) is 28.6 Å². The van der Waals surface area contributed by atoms with E-state index in [0.29, 0.717) is 33.2 Å². The normalized spacial score (nSPS) is 11.3. The Bertz CT molecular complexity index is 1370. The topological polar surface area (TPSA) is 90.6 Å². The fourth-order valence-corrected chi connectivity index (χ4v) is 4.27. The van der Waals surface area contributed by atoms with Gasteiger partial charge >= 0.3 is 0 Å². The number of carbonyl (C=O) groups is 1. The predicted octanol–water partition coefficient (Wildman–Crippen LogP) is 5.24. The van der Waals surface area contributed by atoms with E-state index in [9.17, 15) is 4.79 Å². The van der Waals surface area contributed by atoms with Gasteiger partial charge in [0.15, 0.2) is 22.5 Å².